The average Bonchev–Trinajstić information content (AvgIpc) is 2.69. The van der Waals surface area contributed by atoms with Crippen LogP contribution in [0.3, 0.4) is 0 Å². The van der Waals surface area contributed by atoms with E-state index in [-0.39, 0.29) is 0 Å². The maximum atomic E-state index is 4.20. The molecule has 0 aliphatic rings. The van der Waals surface area contributed by atoms with Gasteiger partial charge in [-0.15, -0.1) is 5.10 Å². The van der Waals surface area contributed by atoms with Crippen molar-refractivity contribution in [2.24, 2.45) is 0 Å². The molecule has 1 unspecified atom stereocenters. The normalized spacial score (nSPS) is 13.5. The highest BCUT2D eigenvalue weighted by Gasteiger charge is 2.10. The number of hydrogen-bond donors (Lipinski definition) is 1. The molecule has 1 atom stereocenters. The van der Waals surface area contributed by atoms with Crippen LogP contribution in [0.4, 0.5) is 0 Å². The Bertz CT molecular complexity index is 461. The summed E-state index contributed by atoms with van der Waals surface area (Å²) in [7, 11) is 0. The fraction of sp³-hybridized carbons (Fsp3) is 0.500. The predicted octanol–water partition coefficient (Wildman–Crippen LogP) is 1.99. The molecular weight excluding hydrogens is 200 g/mol. The first kappa shape index (κ1) is 11.1. The van der Waals surface area contributed by atoms with Gasteiger partial charge in [-0.1, -0.05) is 31.2 Å². The van der Waals surface area contributed by atoms with Crippen molar-refractivity contribution < 1.29 is 0 Å². The molecule has 0 radical (unpaired) electrons. The highest BCUT2D eigenvalue weighted by molar-refractivity contribution is 5.73. The van der Waals surface area contributed by atoms with Crippen molar-refractivity contribution in [1.29, 1.82) is 0 Å². The molecule has 86 valence electrons. The molecule has 0 fully saturated rings. The molecule has 1 aromatic heterocycles. The van der Waals surface area contributed by atoms with E-state index >= 15 is 0 Å². The second kappa shape index (κ2) is 4.61. The number of benzene rings is 1. The summed E-state index contributed by atoms with van der Waals surface area (Å²) in [6, 6.07) is 8.86. The average molecular weight is 218 g/mol. The predicted molar refractivity (Wildman–Crippen MR) is 65.4 cm³/mol. The summed E-state index contributed by atoms with van der Waals surface area (Å²) in [5, 5.41) is 11.8. The largest absolute Gasteiger partial charge is 0.312 e. The van der Waals surface area contributed by atoms with Crippen LogP contribution in [-0.2, 0) is 0 Å². The standard InChI is InChI=1S/C12H18N4/c1-9(2)13-8-10(3)16-12-7-5-4-6-11(12)14-15-16/h4-7,9-10,13H,8H2,1-3H3. The minimum Gasteiger partial charge on any atom is -0.312 e. The number of para-hydroxylation sites is 1. The van der Waals surface area contributed by atoms with Gasteiger partial charge in [0, 0.05) is 12.6 Å². The lowest BCUT2D eigenvalue weighted by atomic mass is 10.2. The molecule has 1 heterocycles. The number of fused-ring (bicyclic) bond motifs is 1. The third-order valence-electron chi connectivity index (χ3n) is 2.62. The van der Waals surface area contributed by atoms with Crippen molar-refractivity contribution in [3.8, 4) is 0 Å². The van der Waals surface area contributed by atoms with E-state index in [0.717, 1.165) is 17.6 Å². The van der Waals surface area contributed by atoms with Gasteiger partial charge in [0.25, 0.3) is 0 Å². The van der Waals surface area contributed by atoms with Crippen LogP contribution in [0.5, 0.6) is 0 Å². The zero-order valence-corrected chi connectivity index (χ0v) is 10.0. The zero-order valence-electron chi connectivity index (χ0n) is 10.0. The van der Waals surface area contributed by atoms with Gasteiger partial charge >= 0.3 is 0 Å². The summed E-state index contributed by atoms with van der Waals surface area (Å²) < 4.78 is 1.98. The molecular formula is C12H18N4. The molecule has 0 aliphatic heterocycles. The monoisotopic (exact) mass is 218 g/mol. The van der Waals surface area contributed by atoms with E-state index in [1.807, 2.05) is 22.9 Å². The Morgan fingerprint density at radius 3 is 2.75 bits per heavy atom. The molecule has 0 spiro atoms. The van der Waals surface area contributed by atoms with Gasteiger partial charge in [0.05, 0.1) is 11.6 Å². The molecule has 0 bridgehead atoms. The van der Waals surface area contributed by atoms with Gasteiger partial charge in [0.2, 0.25) is 0 Å². The molecule has 1 N–H and O–H groups in total. The molecule has 0 saturated heterocycles. The Labute approximate surface area is 95.6 Å². The van der Waals surface area contributed by atoms with Gasteiger partial charge in [-0.05, 0) is 19.1 Å². The number of rotatable bonds is 4. The lowest BCUT2D eigenvalue weighted by Crippen LogP contribution is -2.29. The Hall–Kier alpha value is -1.42. The van der Waals surface area contributed by atoms with Crippen LogP contribution >= 0.6 is 0 Å². The van der Waals surface area contributed by atoms with E-state index < -0.39 is 0 Å². The third-order valence-corrected chi connectivity index (χ3v) is 2.62. The summed E-state index contributed by atoms with van der Waals surface area (Å²) in [4.78, 5) is 0. The lowest BCUT2D eigenvalue weighted by molar-refractivity contribution is 0.434. The van der Waals surface area contributed by atoms with Crippen LogP contribution in [0, 0.1) is 0 Å². The summed E-state index contributed by atoms with van der Waals surface area (Å²) in [6.45, 7) is 7.35. The highest BCUT2D eigenvalue weighted by Crippen LogP contribution is 2.14. The molecule has 0 aliphatic carbocycles. The van der Waals surface area contributed by atoms with Crippen LogP contribution in [-0.4, -0.2) is 27.6 Å². The van der Waals surface area contributed by atoms with E-state index in [1.165, 1.54) is 0 Å². The smallest absolute Gasteiger partial charge is 0.113 e. The maximum absolute atomic E-state index is 4.20. The van der Waals surface area contributed by atoms with Crippen LogP contribution in [0.25, 0.3) is 11.0 Å². The van der Waals surface area contributed by atoms with Crippen molar-refractivity contribution in [1.82, 2.24) is 20.3 Å². The van der Waals surface area contributed by atoms with Crippen molar-refractivity contribution in [3.05, 3.63) is 24.3 Å². The fourth-order valence-corrected chi connectivity index (χ4v) is 1.71. The van der Waals surface area contributed by atoms with Crippen molar-refractivity contribution in [3.63, 3.8) is 0 Å². The molecule has 4 heteroatoms. The Balaban J connectivity index is 2.19. The first-order chi connectivity index (χ1) is 7.68. The summed E-state index contributed by atoms with van der Waals surface area (Å²) >= 11 is 0. The molecule has 16 heavy (non-hydrogen) atoms. The molecule has 1 aromatic carbocycles. The van der Waals surface area contributed by atoms with Gasteiger partial charge in [0.1, 0.15) is 5.52 Å². The van der Waals surface area contributed by atoms with Crippen molar-refractivity contribution in [2.75, 3.05) is 6.54 Å². The van der Waals surface area contributed by atoms with Gasteiger partial charge in [-0.25, -0.2) is 4.68 Å². The lowest BCUT2D eigenvalue weighted by Gasteiger charge is -2.15. The molecule has 0 saturated carbocycles. The van der Waals surface area contributed by atoms with Crippen LogP contribution in [0.2, 0.25) is 0 Å². The summed E-state index contributed by atoms with van der Waals surface area (Å²) in [6.07, 6.45) is 0. The number of nitrogens with one attached hydrogen (secondary N) is 1. The molecule has 2 aromatic rings. The van der Waals surface area contributed by atoms with Crippen LogP contribution < -0.4 is 5.32 Å². The quantitative estimate of drug-likeness (QED) is 0.853. The van der Waals surface area contributed by atoms with Crippen molar-refractivity contribution in [2.45, 2.75) is 32.9 Å². The van der Waals surface area contributed by atoms with E-state index in [4.69, 9.17) is 0 Å². The summed E-state index contributed by atoms with van der Waals surface area (Å²) in [5.41, 5.74) is 2.06. The van der Waals surface area contributed by atoms with Gasteiger partial charge in [0.15, 0.2) is 0 Å². The topological polar surface area (TPSA) is 42.7 Å². The Kier molecular flexibility index (Phi) is 3.19. The minimum absolute atomic E-state index is 0.315. The highest BCUT2D eigenvalue weighted by atomic mass is 15.4. The fourth-order valence-electron chi connectivity index (χ4n) is 1.71. The minimum atomic E-state index is 0.315. The SMILES string of the molecule is CC(C)NCC(C)n1nnc2ccccc21. The number of hydrogen-bond acceptors (Lipinski definition) is 3. The number of nitrogens with zero attached hydrogens (tertiary/aromatic N) is 3. The first-order valence-corrected chi connectivity index (χ1v) is 5.72. The van der Waals surface area contributed by atoms with E-state index in [9.17, 15) is 0 Å². The Morgan fingerprint density at radius 1 is 1.25 bits per heavy atom. The molecule has 2 rings (SSSR count). The molecule has 0 amide bonds. The Morgan fingerprint density at radius 2 is 2.00 bits per heavy atom. The maximum Gasteiger partial charge on any atom is 0.113 e. The van der Waals surface area contributed by atoms with E-state index in [0.29, 0.717) is 12.1 Å². The second-order valence-electron chi connectivity index (χ2n) is 4.43. The third kappa shape index (κ3) is 2.22. The van der Waals surface area contributed by atoms with Gasteiger partial charge < -0.3 is 5.32 Å². The van der Waals surface area contributed by atoms with E-state index in [2.05, 4.69) is 42.5 Å². The van der Waals surface area contributed by atoms with Crippen LogP contribution in [0.1, 0.15) is 26.8 Å². The van der Waals surface area contributed by atoms with Gasteiger partial charge in [-0.3, -0.25) is 0 Å². The summed E-state index contributed by atoms with van der Waals surface area (Å²) in [5.74, 6) is 0. The van der Waals surface area contributed by atoms with Crippen LogP contribution in [0.15, 0.2) is 24.3 Å². The number of aromatic nitrogens is 3. The van der Waals surface area contributed by atoms with Gasteiger partial charge in [-0.2, -0.15) is 0 Å². The second-order valence-corrected chi connectivity index (χ2v) is 4.43. The first-order valence-electron chi connectivity index (χ1n) is 5.72. The molecule has 4 nitrogen and oxygen atoms in total. The van der Waals surface area contributed by atoms with Crippen molar-refractivity contribution >= 4 is 11.0 Å². The zero-order chi connectivity index (χ0) is 11.5. The van der Waals surface area contributed by atoms with E-state index in [1.54, 1.807) is 0 Å².